The molecule has 7 aliphatic rings. The van der Waals surface area contributed by atoms with Crippen LogP contribution in [0.4, 0.5) is 17.1 Å². The van der Waals surface area contributed by atoms with E-state index in [0.717, 1.165) is 23.3 Å². The average molecular weight is 766 g/mol. The van der Waals surface area contributed by atoms with Gasteiger partial charge in [-0.05, 0) is 185 Å². The summed E-state index contributed by atoms with van der Waals surface area (Å²) in [6.07, 6.45) is 11.6. The first kappa shape index (κ1) is 36.8. The number of anilines is 3. The molecule has 0 atom stereocenters. The molecular formula is C56H63NO. The van der Waals surface area contributed by atoms with Crippen molar-refractivity contribution in [2.24, 2.45) is 23.7 Å². The summed E-state index contributed by atoms with van der Waals surface area (Å²) in [4.78, 5) is 2.62. The van der Waals surface area contributed by atoms with Gasteiger partial charge >= 0.3 is 0 Å². The van der Waals surface area contributed by atoms with Crippen LogP contribution < -0.4 is 9.64 Å². The van der Waals surface area contributed by atoms with Crippen LogP contribution >= 0.6 is 0 Å². The molecule has 4 bridgehead atoms. The second-order valence-corrected chi connectivity index (χ2v) is 22.3. The molecule has 4 fully saturated rings. The Morgan fingerprint density at radius 3 is 1.47 bits per heavy atom. The van der Waals surface area contributed by atoms with Crippen LogP contribution in [0, 0.1) is 23.7 Å². The molecule has 0 radical (unpaired) electrons. The topological polar surface area (TPSA) is 12.5 Å². The van der Waals surface area contributed by atoms with Crippen LogP contribution in [0.5, 0.6) is 11.5 Å². The number of fused-ring (bicyclic) bond motifs is 4. The molecular weight excluding hydrogens is 703 g/mol. The normalized spacial score (nSPS) is 28.5. The fraction of sp³-hybridized carbons (Fsp3) is 0.464. The maximum atomic E-state index is 7.15. The van der Waals surface area contributed by atoms with Gasteiger partial charge in [-0.3, -0.25) is 0 Å². The summed E-state index contributed by atoms with van der Waals surface area (Å²) in [5, 5.41) is 0. The molecule has 2 heteroatoms. The smallest absolute Gasteiger partial charge is 0.132 e. The van der Waals surface area contributed by atoms with E-state index >= 15 is 0 Å². The van der Waals surface area contributed by atoms with Crippen molar-refractivity contribution in [1.82, 2.24) is 0 Å². The molecule has 1 aliphatic heterocycles. The molecule has 0 amide bonds. The van der Waals surface area contributed by atoms with Crippen LogP contribution in [0.3, 0.4) is 0 Å². The van der Waals surface area contributed by atoms with Crippen molar-refractivity contribution >= 4 is 17.1 Å². The van der Waals surface area contributed by atoms with Crippen LogP contribution in [-0.4, -0.2) is 0 Å². The van der Waals surface area contributed by atoms with Gasteiger partial charge in [-0.2, -0.15) is 0 Å². The third-order valence-electron chi connectivity index (χ3n) is 17.0. The number of ether oxygens (including phenoxy) is 1. The maximum Gasteiger partial charge on any atom is 0.132 e. The number of hydrogen-bond acceptors (Lipinski definition) is 2. The van der Waals surface area contributed by atoms with Gasteiger partial charge in [0, 0.05) is 33.6 Å². The summed E-state index contributed by atoms with van der Waals surface area (Å²) >= 11 is 0. The molecule has 58 heavy (non-hydrogen) atoms. The number of hydrogen-bond donors (Lipinski definition) is 0. The van der Waals surface area contributed by atoms with E-state index in [0.29, 0.717) is 11.8 Å². The molecule has 2 nitrogen and oxygen atoms in total. The monoisotopic (exact) mass is 765 g/mol. The average Bonchev–Trinajstić information content (AvgIpc) is 3.20. The van der Waals surface area contributed by atoms with E-state index in [-0.39, 0.29) is 27.1 Å². The van der Waals surface area contributed by atoms with Gasteiger partial charge in [-0.1, -0.05) is 110 Å². The first-order valence-corrected chi connectivity index (χ1v) is 22.8. The summed E-state index contributed by atoms with van der Waals surface area (Å²) in [5.41, 5.74) is 15.8. The quantitative estimate of drug-likeness (QED) is 0.181. The van der Waals surface area contributed by atoms with Gasteiger partial charge in [0.1, 0.15) is 11.5 Å². The molecule has 0 unspecified atom stereocenters. The van der Waals surface area contributed by atoms with E-state index < -0.39 is 0 Å². The van der Waals surface area contributed by atoms with Gasteiger partial charge in [0.2, 0.25) is 0 Å². The minimum Gasteiger partial charge on any atom is -0.457 e. The van der Waals surface area contributed by atoms with Crippen molar-refractivity contribution < 1.29 is 4.74 Å². The van der Waals surface area contributed by atoms with Gasteiger partial charge in [0.05, 0.1) is 0 Å². The highest BCUT2D eigenvalue weighted by Crippen LogP contribution is 2.70. The Balaban J connectivity index is 1.16. The summed E-state index contributed by atoms with van der Waals surface area (Å²) in [6.45, 7) is 19.6. The number of nitrogens with zero attached hydrogens (tertiary/aromatic N) is 1. The summed E-state index contributed by atoms with van der Waals surface area (Å²) in [7, 11) is 0. The highest BCUT2D eigenvalue weighted by molar-refractivity contribution is 5.82. The lowest BCUT2D eigenvalue weighted by molar-refractivity contribution is -0.0449. The van der Waals surface area contributed by atoms with Crippen molar-refractivity contribution in [2.75, 3.05) is 4.90 Å². The molecule has 4 saturated carbocycles. The van der Waals surface area contributed by atoms with Crippen LogP contribution in [-0.2, 0) is 27.1 Å². The standard InChI is InChI=1S/C56H63NO/c1-52(2)23-25-54(5,6)46-32-40(17-20-44(46)52)57(41-18-21-45-47(33-41)55(7,8)26-24-53(45,3)4)42-19-22-49-48(34-42)56(38-28-35-27-36(30-38)31-39(56)29-35)51-43(15-12-16-50(51)58-49)37-13-10-9-11-14-37/h9-22,32-36,38-39H,23-31H2,1-8H3. The number of benzene rings is 5. The summed E-state index contributed by atoms with van der Waals surface area (Å²) in [5.74, 6) is 5.07. The van der Waals surface area contributed by atoms with Crippen LogP contribution in [0.1, 0.15) is 147 Å². The van der Waals surface area contributed by atoms with E-state index in [1.807, 2.05) is 0 Å². The maximum absolute atomic E-state index is 7.15. The third-order valence-corrected chi connectivity index (χ3v) is 17.0. The fourth-order valence-corrected chi connectivity index (χ4v) is 13.9. The lowest BCUT2D eigenvalue weighted by Crippen LogP contribution is -2.57. The zero-order valence-corrected chi connectivity index (χ0v) is 36.3. The molecule has 12 rings (SSSR count). The largest absolute Gasteiger partial charge is 0.457 e. The lowest BCUT2D eigenvalue weighted by atomic mass is 9.41. The predicted octanol–water partition coefficient (Wildman–Crippen LogP) is 15.4. The predicted molar refractivity (Wildman–Crippen MR) is 241 cm³/mol. The first-order chi connectivity index (χ1) is 27.7. The second kappa shape index (κ2) is 12.4. The molecule has 5 aromatic carbocycles. The minimum absolute atomic E-state index is 0.0891. The zero-order valence-electron chi connectivity index (χ0n) is 36.3. The van der Waals surface area contributed by atoms with Crippen LogP contribution in [0.15, 0.2) is 103 Å². The van der Waals surface area contributed by atoms with E-state index in [9.17, 15) is 0 Å². The molecule has 1 heterocycles. The summed E-state index contributed by atoms with van der Waals surface area (Å²) in [6, 6.07) is 40.4. The van der Waals surface area contributed by atoms with Crippen LogP contribution in [0.2, 0.25) is 0 Å². The van der Waals surface area contributed by atoms with Crippen molar-refractivity contribution in [3.63, 3.8) is 0 Å². The Bertz CT molecular complexity index is 2350. The van der Waals surface area contributed by atoms with E-state index in [4.69, 9.17) is 4.74 Å². The van der Waals surface area contributed by atoms with Gasteiger partial charge in [-0.15, -0.1) is 0 Å². The fourth-order valence-electron chi connectivity index (χ4n) is 13.9. The molecule has 0 saturated heterocycles. The minimum atomic E-state index is -0.0891. The van der Waals surface area contributed by atoms with Crippen molar-refractivity contribution in [3.05, 3.63) is 137 Å². The van der Waals surface area contributed by atoms with Gasteiger partial charge in [0.25, 0.3) is 0 Å². The van der Waals surface area contributed by atoms with E-state index in [1.54, 1.807) is 0 Å². The van der Waals surface area contributed by atoms with Crippen molar-refractivity contribution in [3.8, 4) is 22.6 Å². The van der Waals surface area contributed by atoms with Gasteiger partial charge < -0.3 is 9.64 Å². The third kappa shape index (κ3) is 5.28. The van der Waals surface area contributed by atoms with E-state index in [1.165, 1.54) is 119 Å². The van der Waals surface area contributed by atoms with Gasteiger partial charge in [-0.25, -0.2) is 0 Å². The lowest BCUT2D eigenvalue weighted by Gasteiger charge is -2.63. The zero-order chi connectivity index (χ0) is 40.0. The first-order valence-electron chi connectivity index (χ1n) is 22.8. The SMILES string of the molecule is CC1(C)CCC(C)(C)c2cc(N(c3ccc4c(c3)C(C)(C)CCC4(C)C)c3ccc4c(c3)C3(c5c(cccc5-c5ccccc5)O4)C4CC5CC(C4)CC3C5)ccc21. The highest BCUT2D eigenvalue weighted by Gasteiger charge is 2.62. The van der Waals surface area contributed by atoms with Crippen molar-refractivity contribution in [2.45, 2.75) is 140 Å². The molecule has 5 aromatic rings. The van der Waals surface area contributed by atoms with Crippen molar-refractivity contribution in [1.29, 1.82) is 0 Å². The molecule has 0 N–H and O–H groups in total. The number of rotatable bonds is 4. The Kier molecular flexibility index (Phi) is 7.84. The molecule has 298 valence electrons. The molecule has 1 spiro atoms. The Morgan fingerprint density at radius 1 is 0.448 bits per heavy atom. The summed E-state index contributed by atoms with van der Waals surface area (Å²) < 4.78 is 7.15. The second-order valence-electron chi connectivity index (χ2n) is 22.3. The van der Waals surface area contributed by atoms with E-state index in [2.05, 4.69) is 163 Å². The Morgan fingerprint density at radius 2 is 0.931 bits per heavy atom. The Hall–Kier alpha value is -4.30. The molecule has 6 aliphatic carbocycles. The van der Waals surface area contributed by atoms with Crippen LogP contribution in [0.25, 0.3) is 11.1 Å². The Labute approximate surface area is 348 Å². The van der Waals surface area contributed by atoms with Gasteiger partial charge in [0.15, 0.2) is 0 Å². The molecule has 0 aromatic heterocycles. The highest BCUT2D eigenvalue weighted by atomic mass is 16.5.